The van der Waals surface area contributed by atoms with Crippen LogP contribution in [-0.2, 0) is 0 Å². The van der Waals surface area contributed by atoms with Crippen molar-refractivity contribution in [2.75, 3.05) is 0 Å². The van der Waals surface area contributed by atoms with E-state index in [1.165, 1.54) is 51.5 Å². The normalized spacial score (nSPS) is 11.9. The number of rotatable bonds is 5. The monoisotopic (exact) mass is 776 g/mol. The van der Waals surface area contributed by atoms with Gasteiger partial charge in [-0.25, -0.2) is 9.97 Å². The number of furan rings is 1. The molecule has 0 radical (unpaired) electrons. The third-order valence-electron chi connectivity index (χ3n) is 11.5. The maximum absolute atomic E-state index is 6.69. The van der Waals surface area contributed by atoms with Crippen LogP contribution in [0.3, 0.4) is 0 Å². The highest BCUT2D eigenvalue weighted by molar-refractivity contribution is 7.26. The zero-order chi connectivity index (χ0) is 38.3. The Morgan fingerprint density at radius 2 is 1.07 bits per heavy atom. The Morgan fingerprint density at radius 3 is 1.93 bits per heavy atom. The molecule has 0 aliphatic heterocycles. The van der Waals surface area contributed by atoms with E-state index in [0.717, 1.165) is 72.5 Å². The van der Waals surface area contributed by atoms with Crippen molar-refractivity contribution < 1.29 is 4.42 Å². The van der Waals surface area contributed by atoms with Crippen LogP contribution in [0.2, 0.25) is 0 Å². The summed E-state index contributed by atoms with van der Waals surface area (Å²) < 4.78 is 11.7. The number of thiophene rings is 2. The number of hydrogen-bond donors (Lipinski definition) is 0. The van der Waals surface area contributed by atoms with Crippen molar-refractivity contribution in [1.82, 2.24) is 9.97 Å². The second kappa shape index (κ2) is 13.1. The third-order valence-corrected chi connectivity index (χ3v) is 13.8. The molecule has 4 aromatic heterocycles. The Kier molecular flexibility index (Phi) is 7.49. The van der Waals surface area contributed by atoms with Gasteiger partial charge in [0.25, 0.3) is 0 Å². The van der Waals surface area contributed by atoms with E-state index in [-0.39, 0.29) is 0 Å². The van der Waals surface area contributed by atoms with E-state index in [9.17, 15) is 0 Å². The first kappa shape index (κ1) is 33.2. The van der Waals surface area contributed by atoms with E-state index >= 15 is 0 Å². The zero-order valence-electron chi connectivity index (χ0n) is 31.4. The molecule has 0 aliphatic carbocycles. The largest absolute Gasteiger partial charge is 0.455 e. The number of hydrogen-bond acceptors (Lipinski definition) is 5. The number of para-hydroxylation sites is 1. The molecule has 0 N–H and O–H groups in total. The average Bonchev–Trinajstić information content (AvgIpc) is 3.97. The molecule has 5 heteroatoms. The van der Waals surface area contributed by atoms with Gasteiger partial charge in [0.2, 0.25) is 0 Å². The Labute approximate surface area is 342 Å². The molecule has 0 aliphatic rings. The highest BCUT2D eigenvalue weighted by atomic mass is 32.1. The molecule has 8 aromatic carbocycles. The number of nitrogens with zero attached hydrogens (tertiary/aromatic N) is 2. The van der Waals surface area contributed by atoms with Gasteiger partial charge in [0.05, 0.1) is 11.4 Å². The van der Waals surface area contributed by atoms with Crippen LogP contribution in [0.4, 0.5) is 0 Å². The van der Waals surface area contributed by atoms with E-state index in [4.69, 9.17) is 14.4 Å². The first-order valence-electron chi connectivity index (χ1n) is 19.5. The van der Waals surface area contributed by atoms with Gasteiger partial charge >= 0.3 is 0 Å². The highest BCUT2D eigenvalue weighted by Crippen LogP contribution is 2.46. The van der Waals surface area contributed by atoms with Gasteiger partial charge in [-0.3, -0.25) is 0 Å². The summed E-state index contributed by atoms with van der Waals surface area (Å²) in [6.07, 6.45) is 0. The number of benzene rings is 8. The highest BCUT2D eigenvalue weighted by Gasteiger charge is 2.21. The predicted molar refractivity (Wildman–Crippen MR) is 247 cm³/mol. The van der Waals surface area contributed by atoms with Gasteiger partial charge in [-0.15, -0.1) is 22.7 Å². The lowest BCUT2D eigenvalue weighted by Crippen LogP contribution is -2.00. The van der Waals surface area contributed by atoms with Crippen molar-refractivity contribution in [3.63, 3.8) is 0 Å². The van der Waals surface area contributed by atoms with E-state index in [1.54, 1.807) is 0 Å². The predicted octanol–water partition coefficient (Wildman–Crippen LogP) is 15.8. The molecule has 58 heavy (non-hydrogen) atoms. The minimum absolute atomic E-state index is 0.724. The zero-order valence-corrected chi connectivity index (χ0v) is 33.0. The van der Waals surface area contributed by atoms with Gasteiger partial charge in [0.1, 0.15) is 11.2 Å². The van der Waals surface area contributed by atoms with Gasteiger partial charge in [-0.1, -0.05) is 133 Å². The summed E-state index contributed by atoms with van der Waals surface area (Å²) in [7, 11) is 0. The fourth-order valence-electron chi connectivity index (χ4n) is 8.64. The first-order chi connectivity index (χ1) is 28.6. The van der Waals surface area contributed by atoms with Crippen LogP contribution in [0.25, 0.3) is 118 Å². The van der Waals surface area contributed by atoms with Crippen LogP contribution < -0.4 is 0 Å². The average molecular weight is 777 g/mol. The van der Waals surface area contributed by atoms with Crippen molar-refractivity contribution in [1.29, 1.82) is 0 Å². The molecule has 272 valence electrons. The summed E-state index contributed by atoms with van der Waals surface area (Å²) in [5, 5.41) is 7.31. The summed E-state index contributed by atoms with van der Waals surface area (Å²) in [4.78, 5) is 10.4. The van der Waals surface area contributed by atoms with E-state index < -0.39 is 0 Å². The van der Waals surface area contributed by atoms with Crippen molar-refractivity contribution in [2.24, 2.45) is 0 Å². The second-order valence-corrected chi connectivity index (χ2v) is 17.0. The Hall–Kier alpha value is -6.92. The Balaban J connectivity index is 1.05. The maximum Gasteiger partial charge on any atom is 0.160 e. The Morgan fingerprint density at radius 1 is 0.397 bits per heavy atom. The maximum atomic E-state index is 6.69. The number of fused-ring (bicyclic) bond motifs is 9. The molecule has 0 fully saturated rings. The van der Waals surface area contributed by atoms with Crippen LogP contribution >= 0.6 is 22.7 Å². The molecule has 0 unspecified atom stereocenters. The van der Waals surface area contributed by atoms with Gasteiger partial charge in [0.15, 0.2) is 5.82 Å². The quantitative estimate of drug-likeness (QED) is 0.175. The lowest BCUT2D eigenvalue weighted by Gasteiger charge is -2.14. The summed E-state index contributed by atoms with van der Waals surface area (Å²) >= 11 is 3.68. The van der Waals surface area contributed by atoms with Crippen molar-refractivity contribution in [2.45, 2.75) is 6.92 Å². The number of aromatic nitrogens is 2. The molecular weight excluding hydrogens is 745 g/mol. The molecular formula is C53H32N2OS2. The van der Waals surface area contributed by atoms with Crippen molar-refractivity contribution in [3.8, 4) is 56.2 Å². The standard InChI is InChI=1S/C53H32N2OS2/c1-31-49(32-13-4-2-5-14-32)54-53(33-15-6-3-7-16-33)55-50(31)41-20-12-19-40-39-25-23-35(30-48(39)58-52(40)41)42-28-36(29-44-37-17-8-10-21-45(37)56-51(42)44)34-24-26-47-43(27-34)38-18-9-11-22-46(38)57-47/h2-30H,1H3. The summed E-state index contributed by atoms with van der Waals surface area (Å²) in [5.74, 6) is 0.724. The van der Waals surface area contributed by atoms with Crippen LogP contribution in [0.1, 0.15) is 5.56 Å². The smallest absolute Gasteiger partial charge is 0.160 e. The lowest BCUT2D eigenvalue weighted by atomic mass is 9.94. The molecule has 3 nitrogen and oxygen atoms in total. The van der Waals surface area contributed by atoms with E-state index in [2.05, 4.69) is 153 Å². The fourth-order valence-corrected chi connectivity index (χ4v) is 11.0. The van der Waals surface area contributed by atoms with Gasteiger partial charge in [-0.05, 0) is 66.1 Å². The SMILES string of the molecule is Cc1c(-c2ccccc2)nc(-c2ccccc2)nc1-c1cccc2c1sc1cc(-c3cc(-c4ccc5sc6ccccc6c5c4)cc4c3oc3ccccc34)ccc12. The first-order valence-corrected chi connectivity index (χ1v) is 21.1. The van der Waals surface area contributed by atoms with Gasteiger partial charge in [0, 0.05) is 78.9 Å². The molecule has 12 aromatic rings. The summed E-state index contributed by atoms with van der Waals surface area (Å²) in [6, 6.07) is 62.9. The molecule has 4 heterocycles. The molecule has 12 rings (SSSR count). The molecule has 0 amide bonds. The summed E-state index contributed by atoms with van der Waals surface area (Å²) in [5.41, 5.74) is 12.6. The second-order valence-electron chi connectivity index (χ2n) is 14.9. The topological polar surface area (TPSA) is 38.9 Å². The van der Waals surface area contributed by atoms with Crippen LogP contribution in [-0.4, -0.2) is 9.97 Å². The lowest BCUT2D eigenvalue weighted by molar-refractivity contribution is 0.670. The van der Waals surface area contributed by atoms with Crippen LogP contribution in [0.15, 0.2) is 180 Å². The van der Waals surface area contributed by atoms with E-state index in [1.807, 2.05) is 53.0 Å². The fraction of sp³-hybridized carbons (Fsp3) is 0.0189. The molecule has 0 saturated carbocycles. The van der Waals surface area contributed by atoms with E-state index in [0.29, 0.717) is 0 Å². The third kappa shape index (κ3) is 5.24. The minimum Gasteiger partial charge on any atom is -0.455 e. The molecule has 0 saturated heterocycles. The van der Waals surface area contributed by atoms with Gasteiger partial charge in [-0.2, -0.15) is 0 Å². The molecule has 0 atom stereocenters. The van der Waals surface area contributed by atoms with Crippen molar-refractivity contribution in [3.05, 3.63) is 181 Å². The summed E-state index contributed by atoms with van der Waals surface area (Å²) in [6.45, 7) is 2.15. The van der Waals surface area contributed by atoms with Gasteiger partial charge < -0.3 is 4.42 Å². The van der Waals surface area contributed by atoms with Crippen LogP contribution in [0.5, 0.6) is 0 Å². The minimum atomic E-state index is 0.724. The molecule has 0 bridgehead atoms. The molecule has 0 spiro atoms. The van der Waals surface area contributed by atoms with Crippen molar-refractivity contribution >= 4 is 85.0 Å². The Bertz CT molecular complexity index is 3580. The van der Waals surface area contributed by atoms with Crippen LogP contribution in [0, 0.1) is 6.92 Å².